The first-order valence-corrected chi connectivity index (χ1v) is 8.46. The summed E-state index contributed by atoms with van der Waals surface area (Å²) in [5.41, 5.74) is 2.13. The van der Waals surface area contributed by atoms with Crippen LogP contribution in [0.1, 0.15) is 11.3 Å². The maximum absolute atomic E-state index is 12.4. The molecule has 0 amide bonds. The highest BCUT2D eigenvalue weighted by Gasteiger charge is 2.12. The molecule has 0 unspecified atom stereocenters. The third-order valence-corrected chi connectivity index (χ3v) is 4.19. The van der Waals surface area contributed by atoms with Crippen molar-refractivity contribution in [3.05, 3.63) is 76.2 Å². The van der Waals surface area contributed by atoms with Crippen molar-refractivity contribution in [1.82, 2.24) is 19.6 Å². The van der Waals surface area contributed by atoms with Gasteiger partial charge in [-0.3, -0.25) is 4.79 Å². The van der Waals surface area contributed by atoms with Crippen molar-refractivity contribution >= 4 is 5.78 Å². The number of hydrogen-bond donors (Lipinski definition) is 1. The molecule has 0 aliphatic carbocycles. The van der Waals surface area contributed by atoms with Gasteiger partial charge in [0, 0.05) is 11.6 Å². The lowest BCUT2D eigenvalue weighted by atomic mass is 10.2. The van der Waals surface area contributed by atoms with Gasteiger partial charge < -0.3 is 14.5 Å². The summed E-state index contributed by atoms with van der Waals surface area (Å²) in [7, 11) is 1.59. The maximum atomic E-state index is 12.4. The summed E-state index contributed by atoms with van der Waals surface area (Å²) in [5.74, 6) is 2.15. The van der Waals surface area contributed by atoms with Crippen LogP contribution in [0.15, 0.2) is 59.4 Å². The highest BCUT2D eigenvalue weighted by Crippen LogP contribution is 2.30. The first-order valence-electron chi connectivity index (χ1n) is 8.46. The lowest BCUT2D eigenvalue weighted by Gasteiger charge is -2.12. The Morgan fingerprint density at radius 2 is 1.93 bits per heavy atom. The number of benzene rings is 2. The molecule has 0 spiro atoms. The highest BCUT2D eigenvalue weighted by molar-refractivity contribution is 5.56. The van der Waals surface area contributed by atoms with Crippen LogP contribution in [0.25, 0.3) is 17.2 Å². The molecule has 2 aromatic carbocycles. The second-order valence-corrected chi connectivity index (χ2v) is 6.06. The number of rotatable bonds is 5. The van der Waals surface area contributed by atoms with Crippen molar-refractivity contribution in [1.29, 1.82) is 0 Å². The van der Waals surface area contributed by atoms with Crippen molar-refractivity contribution in [3.63, 3.8) is 0 Å². The fourth-order valence-electron chi connectivity index (χ4n) is 2.84. The third-order valence-electron chi connectivity index (χ3n) is 4.19. The van der Waals surface area contributed by atoms with E-state index in [1.54, 1.807) is 7.11 Å². The normalized spacial score (nSPS) is 10.9. The Bertz CT molecular complexity index is 1150. The van der Waals surface area contributed by atoms with E-state index in [4.69, 9.17) is 9.47 Å². The Kier molecular flexibility index (Phi) is 4.33. The summed E-state index contributed by atoms with van der Waals surface area (Å²) in [4.78, 5) is 19.9. The van der Waals surface area contributed by atoms with Crippen molar-refractivity contribution in [2.75, 3.05) is 7.11 Å². The minimum Gasteiger partial charge on any atom is -0.493 e. The summed E-state index contributed by atoms with van der Waals surface area (Å²) < 4.78 is 12.5. The van der Waals surface area contributed by atoms with E-state index in [9.17, 15) is 4.79 Å². The number of nitrogens with one attached hydrogen (secondary N) is 1. The minimum absolute atomic E-state index is 0.181. The molecule has 0 atom stereocenters. The zero-order valence-corrected chi connectivity index (χ0v) is 15.0. The molecular weight excluding hydrogens is 344 g/mol. The van der Waals surface area contributed by atoms with Gasteiger partial charge in [0.05, 0.1) is 12.8 Å². The quantitative estimate of drug-likeness (QED) is 0.590. The predicted octanol–water partition coefficient (Wildman–Crippen LogP) is 2.98. The molecule has 4 rings (SSSR count). The molecule has 0 aliphatic heterocycles. The Balaban J connectivity index is 1.65. The smallest absolute Gasteiger partial charge is 0.276 e. The van der Waals surface area contributed by atoms with E-state index in [1.165, 1.54) is 10.6 Å². The van der Waals surface area contributed by atoms with Crippen molar-refractivity contribution in [2.45, 2.75) is 13.5 Å². The number of aromatic amines is 1. The molecular formula is C20H18N4O3. The molecule has 0 saturated carbocycles. The summed E-state index contributed by atoms with van der Waals surface area (Å²) in [6, 6.07) is 16.6. The Morgan fingerprint density at radius 1 is 1.11 bits per heavy atom. The molecule has 2 aromatic heterocycles. The number of H-pyrrole nitrogens is 1. The maximum Gasteiger partial charge on any atom is 0.276 e. The van der Waals surface area contributed by atoms with Crippen molar-refractivity contribution in [2.24, 2.45) is 0 Å². The van der Waals surface area contributed by atoms with Crippen LogP contribution in [0.2, 0.25) is 0 Å². The molecule has 0 saturated heterocycles. The first-order chi connectivity index (χ1) is 13.2. The van der Waals surface area contributed by atoms with Gasteiger partial charge in [-0.2, -0.15) is 9.50 Å². The minimum atomic E-state index is -0.270. The van der Waals surface area contributed by atoms with Gasteiger partial charge in [0.15, 0.2) is 17.3 Å². The van der Waals surface area contributed by atoms with Gasteiger partial charge in [-0.05, 0) is 18.6 Å². The molecule has 1 N–H and O–H groups in total. The number of fused-ring (bicyclic) bond motifs is 1. The van der Waals surface area contributed by atoms with E-state index in [1.807, 2.05) is 55.5 Å². The second kappa shape index (κ2) is 6.95. The van der Waals surface area contributed by atoms with Crippen LogP contribution in [0, 0.1) is 6.92 Å². The molecule has 27 heavy (non-hydrogen) atoms. The van der Waals surface area contributed by atoms with Crippen LogP contribution < -0.4 is 15.0 Å². The molecule has 136 valence electrons. The zero-order valence-electron chi connectivity index (χ0n) is 15.0. The molecule has 7 heteroatoms. The van der Waals surface area contributed by atoms with Crippen molar-refractivity contribution < 1.29 is 9.47 Å². The van der Waals surface area contributed by atoms with Crippen LogP contribution >= 0.6 is 0 Å². The first kappa shape index (κ1) is 16.8. The van der Waals surface area contributed by atoms with Gasteiger partial charge in [0.1, 0.15) is 6.61 Å². The second-order valence-electron chi connectivity index (χ2n) is 6.06. The number of nitrogens with zero attached hydrogens (tertiary/aromatic N) is 3. The fraction of sp³-hybridized carbons (Fsp3) is 0.150. The summed E-state index contributed by atoms with van der Waals surface area (Å²) in [5, 5.41) is 4.28. The lowest BCUT2D eigenvalue weighted by molar-refractivity contribution is 0.278. The van der Waals surface area contributed by atoms with E-state index < -0.39 is 0 Å². The number of hydrogen-bond acceptors (Lipinski definition) is 5. The summed E-state index contributed by atoms with van der Waals surface area (Å²) in [6.07, 6.45) is 0. The molecule has 0 fully saturated rings. The third kappa shape index (κ3) is 3.27. The van der Waals surface area contributed by atoms with Gasteiger partial charge in [-0.1, -0.05) is 42.5 Å². The van der Waals surface area contributed by atoms with Crippen molar-refractivity contribution in [3.8, 4) is 22.9 Å². The van der Waals surface area contributed by atoms with Gasteiger partial charge in [0.2, 0.25) is 5.78 Å². The van der Waals surface area contributed by atoms with Crippen LogP contribution in [0.4, 0.5) is 0 Å². The molecule has 0 radical (unpaired) electrons. The molecule has 2 heterocycles. The summed E-state index contributed by atoms with van der Waals surface area (Å²) in [6.45, 7) is 2.12. The van der Waals surface area contributed by atoms with Crippen LogP contribution in [-0.4, -0.2) is 26.7 Å². The Hall–Kier alpha value is -3.61. The fourth-order valence-corrected chi connectivity index (χ4v) is 2.84. The van der Waals surface area contributed by atoms with Gasteiger partial charge in [-0.25, -0.2) is 0 Å². The Labute approximate surface area is 155 Å². The largest absolute Gasteiger partial charge is 0.493 e. The number of methoxy groups -OCH3 is 1. The topological polar surface area (TPSA) is 81.5 Å². The SMILES string of the molecule is COc1cccc(C)c1OCc1cc(=O)n2nc(-c3ccccc3)nc2[nH]1. The van der Waals surface area contributed by atoms with Crippen LogP contribution in [-0.2, 0) is 6.61 Å². The molecule has 0 bridgehead atoms. The van der Waals surface area contributed by atoms with E-state index in [0.717, 1.165) is 11.1 Å². The predicted molar refractivity (Wildman–Crippen MR) is 101 cm³/mol. The Morgan fingerprint density at radius 3 is 2.70 bits per heavy atom. The number of aromatic nitrogens is 4. The summed E-state index contributed by atoms with van der Waals surface area (Å²) >= 11 is 0. The average molecular weight is 362 g/mol. The number of aryl methyl sites for hydroxylation is 1. The van der Waals surface area contributed by atoms with Gasteiger partial charge in [-0.15, -0.1) is 5.10 Å². The molecule has 7 nitrogen and oxygen atoms in total. The molecule has 0 aliphatic rings. The van der Waals surface area contributed by atoms with E-state index >= 15 is 0 Å². The number of para-hydroxylation sites is 1. The lowest BCUT2D eigenvalue weighted by Crippen LogP contribution is -2.16. The monoisotopic (exact) mass is 362 g/mol. The van der Waals surface area contributed by atoms with Crippen LogP contribution in [0.3, 0.4) is 0 Å². The van der Waals surface area contributed by atoms with Crippen LogP contribution in [0.5, 0.6) is 11.5 Å². The molecule has 4 aromatic rings. The van der Waals surface area contributed by atoms with E-state index in [2.05, 4.69) is 15.1 Å². The van der Waals surface area contributed by atoms with Gasteiger partial charge in [0.25, 0.3) is 5.56 Å². The average Bonchev–Trinajstić information content (AvgIpc) is 3.12. The zero-order chi connectivity index (χ0) is 18.8. The highest BCUT2D eigenvalue weighted by atomic mass is 16.5. The standard InChI is InChI=1S/C20H18N4O3/c1-13-7-6-10-16(26-2)18(13)27-12-15-11-17(25)24-20(21-15)22-19(23-24)14-8-4-3-5-9-14/h3-11H,12H2,1-2H3,(H,21,22,23). The number of ether oxygens (including phenoxy) is 2. The van der Waals surface area contributed by atoms with E-state index in [-0.39, 0.29) is 12.2 Å². The van der Waals surface area contributed by atoms with E-state index in [0.29, 0.717) is 28.8 Å². The van der Waals surface area contributed by atoms with Gasteiger partial charge >= 0.3 is 0 Å².